The van der Waals surface area contributed by atoms with Gasteiger partial charge in [-0.2, -0.15) is 0 Å². The second-order valence-corrected chi connectivity index (χ2v) is 9.37. The van der Waals surface area contributed by atoms with Crippen molar-refractivity contribution >= 4 is 23.3 Å². The third-order valence-corrected chi connectivity index (χ3v) is 4.50. The first-order chi connectivity index (χ1) is 12.9. The van der Waals surface area contributed by atoms with Gasteiger partial charge in [0.1, 0.15) is 12.1 Å². The van der Waals surface area contributed by atoms with Gasteiger partial charge in [-0.1, -0.05) is 13.8 Å². The molecule has 1 saturated heterocycles. The lowest BCUT2D eigenvalue weighted by Gasteiger charge is -2.31. The van der Waals surface area contributed by atoms with E-state index < -0.39 is 11.6 Å². The Balaban J connectivity index is 2.13. The first-order valence-corrected chi connectivity index (χ1v) is 9.74. The van der Waals surface area contributed by atoms with Gasteiger partial charge in [0.2, 0.25) is 0 Å². The monoisotopic (exact) mass is 390 g/mol. The van der Waals surface area contributed by atoms with Crippen LogP contribution in [0.25, 0.3) is 0 Å². The molecular formula is C21H34N4O3. The Kier molecular flexibility index (Phi) is 6.59. The highest BCUT2D eigenvalue weighted by Gasteiger charge is 2.28. The molecular weight excluding hydrogens is 356 g/mol. The number of ether oxygens (including phenoxy) is 1. The number of carbonyl (C=O) groups excluding carboxylic acids is 2. The van der Waals surface area contributed by atoms with Gasteiger partial charge >= 0.3 is 5.97 Å². The van der Waals surface area contributed by atoms with Gasteiger partial charge in [-0.3, -0.25) is 9.59 Å². The summed E-state index contributed by atoms with van der Waals surface area (Å²) in [5, 5.41) is 6.14. The highest BCUT2D eigenvalue weighted by Crippen LogP contribution is 2.27. The third kappa shape index (κ3) is 6.41. The maximum atomic E-state index is 12.6. The molecule has 156 valence electrons. The first-order valence-electron chi connectivity index (χ1n) is 9.74. The van der Waals surface area contributed by atoms with Crippen molar-refractivity contribution in [2.24, 2.45) is 5.41 Å². The van der Waals surface area contributed by atoms with E-state index in [9.17, 15) is 9.59 Å². The van der Waals surface area contributed by atoms with Crippen LogP contribution in [0.5, 0.6) is 0 Å². The fourth-order valence-corrected chi connectivity index (χ4v) is 3.24. The van der Waals surface area contributed by atoms with Crippen LogP contribution in [0.2, 0.25) is 0 Å². The number of rotatable bonds is 4. The maximum absolute atomic E-state index is 12.6. The first kappa shape index (κ1) is 22.0. The number of benzene rings is 1. The van der Waals surface area contributed by atoms with Crippen molar-refractivity contribution < 1.29 is 14.3 Å². The van der Waals surface area contributed by atoms with Crippen molar-refractivity contribution in [1.82, 2.24) is 10.6 Å². The van der Waals surface area contributed by atoms with E-state index in [4.69, 9.17) is 10.5 Å². The van der Waals surface area contributed by atoms with Gasteiger partial charge in [-0.25, -0.2) is 0 Å². The summed E-state index contributed by atoms with van der Waals surface area (Å²) in [5.41, 5.74) is 7.23. The molecule has 1 aliphatic rings. The normalized spacial score (nSPS) is 19.6. The van der Waals surface area contributed by atoms with Gasteiger partial charge in [0.15, 0.2) is 0 Å². The number of nitrogen functional groups attached to an aromatic ring is 1. The summed E-state index contributed by atoms with van der Waals surface area (Å²) >= 11 is 0. The number of carbonyl (C=O) groups is 2. The van der Waals surface area contributed by atoms with Crippen molar-refractivity contribution in [2.75, 3.05) is 36.8 Å². The summed E-state index contributed by atoms with van der Waals surface area (Å²) in [4.78, 5) is 26.7. The molecule has 0 saturated carbocycles. The number of nitrogens with two attached hydrogens (primary N) is 1. The highest BCUT2D eigenvalue weighted by molar-refractivity contribution is 6.01. The van der Waals surface area contributed by atoms with Crippen LogP contribution in [-0.2, 0) is 9.53 Å². The molecule has 0 bridgehead atoms. The number of anilines is 2. The minimum atomic E-state index is -0.592. The largest absolute Gasteiger partial charge is 0.459 e. The van der Waals surface area contributed by atoms with Crippen LogP contribution in [-0.4, -0.2) is 49.7 Å². The van der Waals surface area contributed by atoms with E-state index >= 15 is 0 Å². The third-order valence-electron chi connectivity index (χ3n) is 4.50. The molecule has 0 aromatic heterocycles. The Hall–Kier alpha value is -2.28. The second-order valence-electron chi connectivity index (χ2n) is 9.37. The van der Waals surface area contributed by atoms with Crippen LogP contribution in [0, 0.1) is 5.41 Å². The van der Waals surface area contributed by atoms with Gasteiger partial charge in [0.05, 0.1) is 5.56 Å². The van der Waals surface area contributed by atoms with Crippen LogP contribution < -0.4 is 21.3 Å². The standard InChI is InChI=1S/C21H34N4O3/c1-14-11-25(13-21(5,6)12-24-14)15-7-8-17(22)16(9-15)19(27)23-10-18(26)28-20(2,3)4/h7-9,14,24H,10-13,22H2,1-6H3,(H,23,27). The molecule has 4 N–H and O–H groups in total. The molecule has 1 aliphatic heterocycles. The maximum Gasteiger partial charge on any atom is 0.325 e. The predicted octanol–water partition coefficient (Wildman–Crippen LogP) is 2.16. The Bertz CT molecular complexity index is 725. The fourth-order valence-electron chi connectivity index (χ4n) is 3.24. The smallest absolute Gasteiger partial charge is 0.325 e. The molecule has 7 nitrogen and oxygen atoms in total. The summed E-state index contributed by atoms with van der Waals surface area (Å²) in [6.45, 7) is 14.4. The summed E-state index contributed by atoms with van der Waals surface area (Å²) in [6, 6.07) is 5.82. The van der Waals surface area contributed by atoms with Crippen molar-refractivity contribution in [3.05, 3.63) is 23.8 Å². The van der Waals surface area contributed by atoms with Gasteiger partial charge in [0, 0.05) is 37.1 Å². The van der Waals surface area contributed by atoms with Crippen LogP contribution in [0.15, 0.2) is 18.2 Å². The summed E-state index contributed by atoms with van der Waals surface area (Å²) in [7, 11) is 0. The lowest BCUT2D eigenvalue weighted by atomic mass is 9.93. The number of hydrogen-bond donors (Lipinski definition) is 3. The molecule has 0 radical (unpaired) electrons. The minimum absolute atomic E-state index is 0.102. The summed E-state index contributed by atoms with van der Waals surface area (Å²) in [6.07, 6.45) is 0. The lowest BCUT2D eigenvalue weighted by Crippen LogP contribution is -2.36. The summed E-state index contributed by atoms with van der Waals surface area (Å²) < 4.78 is 5.22. The zero-order valence-corrected chi connectivity index (χ0v) is 17.9. The number of nitrogens with zero attached hydrogens (tertiary/aromatic N) is 1. The van der Waals surface area contributed by atoms with Crippen molar-refractivity contribution in [3.8, 4) is 0 Å². The molecule has 1 amide bonds. The molecule has 0 aliphatic carbocycles. The van der Waals surface area contributed by atoms with Crippen molar-refractivity contribution in [3.63, 3.8) is 0 Å². The van der Waals surface area contributed by atoms with E-state index in [1.165, 1.54) is 0 Å². The average Bonchev–Trinajstić information content (AvgIpc) is 2.69. The Morgan fingerprint density at radius 2 is 2.04 bits per heavy atom. The quantitative estimate of drug-likeness (QED) is 0.539. The van der Waals surface area contributed by atoms with Crippen LogP contribution in [0.3, 0.4) is 0 Å². The Morgan fingerprint density at radius 3 is 2.68 bits per heavy atom. The second kappa shape index (κ2) is 8.39. The minimum Gasteiger partial charge on any atom is -0.459 e. The molecule has 2 rings (SSSR count). The Morgan fingerprint density at radius 1 is 1.36 bits per heavy atom. The molecule has 28 heavy (non-hydrogen) atoms. The number of amides is 1. The molecule has 0 spiro atoms. The summed E-state index contributed by atoms with van der Waals surface area (Å²) in [5.74, 6) is -0.866. The lowest BCUT2D eigenvalue weighted by molar-refractivity contribution is -0.153. The molecule has 1 atom stereocenters. The fraction of sp³-hybridized carbons (Fsp3) is 0.619. The SMILES string of the molecule is CC1CN(c2ccc(N)c(C(=O)NCC(=O)OC(C)(C)C)c2)CC(C)(C)CN1. The number of hydrogen-bond acceptors (Lipinski definition) is 6. The van der Waals surface area contributed by atoms with E-state index in [-0.39, 0.29) is 17.9 Å². The Labute approximate surface area is 168 Å². The van der Waals surface area contributed by atoms with E-state index in [1.54, 1.807) is 32.9 Å². The van der Waals surface area contributed by atoms with Crippen LogP contribution in [0.1, 0.15) is 51.9 Å². The van der Waals surface area contributed by atoms with E-state index in [2.05, 4.69) is 36.3 Å². The molecule has 1 heterocycles. The molecule has 1 fully saturated rings. The van der Waals surface area contributed by atoms with Crippen molar-refractivity contribution in [1.29, 1.82) is 0 Å². The van der Waals surface area contributed by atoms with Gasteiger partial charge < -0.3 is 26.0 Å². The molecule has 1 unspecified atom stereocenters. The predicted molar refractivity (Wildman–Crippen MR) is 112 cm³/mol. The average molecular weight is 391 g/mol. The topological polar surface area (TPSA) is 96.7 Å². The van der Waals surface area contributed by atoms with E-state index in [1.807, 2.05) is 6.07 Å². The van der Waals surface area contributed by atoms with Crippen LogP contribution >= 0.6 is 0 Å². The molecule has 1 aromatic carbocycles. The zero-order chi connectivity index (χ0) is 21.1. The van der Waals surface area contributed by atoms with E-state index in [0.717, 1.165) is 25.3 Å². The number of nitrogens with one attached hydrogen (secondary N) is 2. The number of esters is 1. The highest BCUT2D eigenvalue weighted by atomic mass is 16.6. The van der Waals surface area contributed by atoms with Gasteiger partial charge in [-0.05, 0) is 51.3 Å². The van der Waals surface area contributed by atoms with Gasteiger partial charge in [0.25, 0.3) is 5.91 Å². The van der Waals surface area contributed by atoms with Gasteiger partial charge in [-0.15, -0.1) is 0 Å². The van der Waals surface area contributed by atoms with Crippen LogP contribution in [0.4, 0.5) is 11.4 Å². The molecule has 1 aromatic rings. The molecule has 7 heteroatoms. The van der Waals surface area contributed by atoms with E-state index in [0.29, 0.717) is 17.3 Å². The van der Waals surface area contributed by atoms with Crippen molar-refractivity contribution in [2.45, 2.75) is 53.2 Å². The zero-order valence-electron chi connectivity index (χ0n) is 17.9.